The maximum Gasteiger partial charge on any atom is 0.0843 e. The van der Waals surface area contributed by atoms with Crippen LogP contribution in [0.3, 0.4) is 0 Å². The lowest BCUT2D eigenvalue weighted by Crippen LogP contribution is -2.28. The van der Waals surface area contributed by atoms with Gasteiger partial charge in [-0.3, -0.25) is 0 Å². The van der Waals surface area contributed by atoms with Crippen LogP contribution in [0.25, 0.3) is 0 Å². The van der Waals surface area contributed by atoms with Crippen LogP contribution in [0, 0.1) is 17.8 Å². The molecule has 0 aliphatic heterocycles. The van der Waals surface area contributed by atoms with Crippen LogP contribution in [-0.4, -0.2) is 7.05 Å². The average Bonchev–Trinajstić information content (AvgIpc) is 2.98. The molecule has 2 aliphatic carbocycles. The van der Waals surface area contributed by atoms with Gasteiger partial charge in [0.05, 0.1) is 3.79 Å². The van der Waals surface area contributed by atoms with Crippen molar-refractivity contribution in [2.75, 3.05) is 7.05 Å². The quantitative estimate of drug-likeness (QED) is 0.782. The van der Waals surface area contributed by atoms with Crippen LogP contribution in [-0.2, 0) is 0 Å². The summed E-state index contributed by atoms with van der Waals surface area (Å²) in [7, 11) is 2.11. The molecular formula is C13H17Br2NS. The Balaban J connectivity index is 1.84. The lowest BCUT2D eigenvalue weighted by Gasteiger charge is -2.29. The second-order valence-electron chi connectivity index (χ2n) is 5.38. The number of nitrogens with one attached hydrogen (secondary N) is 1. The van der Waals surface area contributed by atoms with Gasteiger partial charge in [-0.25, -0.2) is 0 Å². The fraction of sp³-hybridized carbons (Fsp3) is 0.692. The molecule has 0 spiro atoms. The van der Waals surface area contributed by atoms with Crippen LogP contribution >= 0.6 is 43.2 Å². The van der Waals surface area contributed by atoms with Gasteiger partial charge in [0.25, 0.3) is 0 Å². The smallest absolute Gasteiger partial charge is 0.0843 e. The van der Waals surface area contributed by atoms with Gasteiger partial charge >= 0.3 is 0 Å². The van der Waals surface area contributed by atoms with Crippen LogP contribution in [0.5, 0.6) is 0 Å². The Morgan fingerprint density at radius 2 is 2.18 bits per heavy atom. The van der Waals surface area contributed by atoms with Crippen LogP contribution < -0.4 is 5.32 Å². The summed E-state index contributed by atoms with van der Waals surface area (Å²) >= 11 is 9.07. The lowest BCUT2D eigenvalue weighted by atomic mass is 9.83. The van der Waals surface area contributed by atoms with Gasteiger partial charge in [0.1, 0.15) is 0 Å². The van der Waals surface area contributed by atoms with Crippen LogP contribution in [0.1, 0.15) is 36.6 Å². The van der Waals surface area contributed by atoms with E-state index in [0.717, 1.165) is 17.8 Å². The Morgan fingerprint density at radius 1 is 1.35 bits per heavy atom. The first-order valence-electron chi connectivity index (χ1n) is 6.31. The molecule has 2 bridgehead atoms. The monoisotopic (exact) mass is 377 g/mol. The predicted octanol–water partition coefficient (Wildman–Crippen LogP) is 4.97. The van der Waals surface area contributed by atoms with Crippen molar-refractivity contribution < 1.29 is 0 Å². The Morgan fingerprint density at radius 3 is 2.65 bits per heavy atom. The van der Waals surface area contributed by atoms with Crippen molar-refractivity contribution in [3.05, 3.63) is 19.2 Å². The zero-order chi connectivity index (χ0) is 12.0. The maximum atomic E-state index is 3.61. The number of rotatable bonds is 3. The van der Waals surface area contributed by atoms with E-state index in [2.05, 4.69) is 50.3 Å². The molecule has 4 unspecified atom stereocenters. The topological polar surface area (TPSA) is 12.0 Å². The minimum Gasteiger partial charge on any atom is -0.312 e. The lowest BCUT2D eigenvalue weighted by molar-refractivity contribution is 0.262. The van der Waals surface area contributed by atoms with Gasteiger partial charge in [-0.05, 0) is 82.0 Å². The van der Waals surface area contributed by atoms with E-state index in [1.807, 2.05) is 11.3 Å². The molecule has 17 heavy (non-hydrogen) atoms. The standard InChI is InChI=1S/C13H17Br2NS/c1-16-12(11-6-10(14)13(15)17-11)9-5-7-2-3-8(9)4-7/h6-9,12,16H,2-5H2,1H3. The molecule has 0 aromatic carbocycles. The molecule has 1 N–H and O–H groups in total. The van der Waals surface area contributed by atoms with Crippen molar-refractivity contribution in [2.24, 2.45) is 17.8 Å². The molecule has 3 rings (SSSR count). The summed E-state index contributed by atoms with van der Waals surface area (Å²) in [6.07, 6.45) is 5.86. The van der Waals surface area contributed by atoms with Crippen LogP contribution in [0.4, 0.5) is 0 Å². The van der Waals surface area contributed by atoms with E-state index in [-0.39, 0.29) is 0 Å². The third-order valence-electron chi connectivity index (χ3n) is 4.50. The largest absolute Gasteiger partial charge is 0.312 e. The minimum absolute atomic E-state index is 0.554. The first-order valence-corrected chi connectivity index (χ1v) is 8.71. The number of fused-ring (bicyclic) bond motifs is 2. The van der Waals surface area contributed by atoms with E-state index in [9.17, 15) is 0 Å². The molecule has 0 amide bonds. The highest BCUT2D eigenvalue weighted by atomic mass is 79.9. The minimum atomic E-state index is 0.554. The van der Waals surface area contributed by atoms with E-state index in [0.29, 0.717) is 6.04 Å². The van der Waals surface area contributed by atoms with E-state index < -0.39 is 0 Å². The maximum absolute atomic E-state index is 3.61. The van der Waals surface area contributed by atoms with Gasteiger partial charge in [0, 0.05) is 15.4 Å². The molecular weight excluding hydrogens is 362 g/mol. The highest BCUT2D eigenvalue weighted by molar-refractivity contribution is 9.13. The molecule has 2 saturated carbocycles. The Bertz CT molecular complexity index is 398. The van der Waals surface area contributed by atoms with Crippen LogP contribution in [0.2, 0.25) is 0 Å². The van der Waals surface area contributed by atoms with E-state index in [4.69, 9.17) is 0 Å². The van der Waals surface area contributed by atoms with Gasteiger partial charge < -0.3 is 5.32 Å². The summed E-state index contributed by atoms with van der Waals surface area (Å²) in [5.74, 6) is 2.85. The van der Waals surface area contributed by atoms with Gasteiger partial charge in [-0.1, -0.05) is 6.42 Å². The molecule has 2 fully saturated rings. The summed E-state index contributed by atoms with van der Waals surface area (Å²) < 4.78 is 2.41. The normalized spacial score (nSPS) is 33.2. The Labute approximate surface area is 124 Å². The molecule has 0 saturated heterocycles. The first kappa shape index (κ1) is 12.6. The Kier molecular flexibility index (Phi) is 3.68. The first-order chi connectivity index (χ1) is 8.19. The number of hydrogen-bond donors (Lipinski definition) is 1. The summed E-state index contributed by atoms with van der Waals surface area (Å²) in [6.45, 7) is 0. The van der Waals surface area contributed by atoms with Crippen molar-refractivity contribution in [1.29, 1.82) is 0 Å². The highest BCUT2D eigenvalue weighted by Gasteiger charge is 2.43. The van der Waals surface area contributed by atoms with Gasteiger partial charge in [0.2, 0.25) is 0 Å². The van der Waals surface area contributed by atoms with Crippen molar-refractivity contribution in [1.82, 2.24) is 5.32 Å². The van der Waals surface area contributed by atoms with Crippen molar-refractivity contribution in [2.45, 2.75) is 31.7 Å². The van der Waals surface area contributed by atoms with Crippen molar-refractivity contribution in [3.8, 4) is 0 Å². The molecule has 1 aromatic rings. The number of halogens is 2. The van der Waals surface area contributed by atoms with Gasteiger partial charge in [-0.15, -0.1) is 11.3 Å². The molecule has 94 valence electrons. The van der Waals surface area contributed by atoms with Gasteiger partial charge in [0.15, 0.2) is 0 Å². The van der Waals surface area contributed by atoms with Crippen LogP contribution in [0.15, 0.2) is 14.3 Å². The summed E-state index contributed by atoms with van der Waals surface area (Å²) in [5, 5.41) is 3.55. The van der Waals surface area contributed by atoms with Crippen molar-refractivity contribution >= 4 is 43.2 Å². The molecule has 4 atom stereocenters. The molecule has 4 heteroatoms. The second-order valence-corrected chi connectivity index (χ2v) is 8.63. The van der Waals surface area contributed by atoms with E-state index in [1.165, 1.54) is 38.8 Å². The fourth-order valence-corrected chi connectivity index (χ4v) is 6.06. The highest BCUT2D eigenvalue weighted by Crippen LogP contribution is 2.53. The molecule has 1 nitrogen and oxygen atoms in total. The molecule has 1 heterocycles. The molecule has 1 aromatic heterocycles. The number of hydrogen-bond acceptors (Lipinski definition) is 2. The second kappa shape index (κ2) is 4.95. The zero-order valence-electron chi connectivity index (χ0n) is 9.88. The Hall–Kier alpha value is 0.620. The third kappa shape index (κ3) is 2.26. The molecule has 0 radical (unpaired) electrons. The van der Waals surface area contributed by atoms with E-state index >= 15 is 0 Å². The number of thiophene rings is 1. The van der Waals surface area contributed by atoms with E-state index in [1.54, 1.807) is 0 Å². The zero-order valence-corrected chi connectivity index (χ0v) is 13.9. The summed E-state index contributed by atoms with van der Waals surface area (Å²) in [6, 6.07) is 2.83. The van der Waals surface area contributed by atoms with Crippen molar-refractivity contribution in [3.63, 3.8) is 0 Å². The SMILES string of the molecule is CNC(c1cc(Br)c(Br)s1)C1CC2CCC1C2. The summed E-state index contributed by atoms with van der Waals surface area (Å²) in [5.41, 5.74) is 0. The fourth-order valence-electron chi connectivity index (χ4n) is 3.79. The molecule has 2 aliphatic rings. The predicted molar refractivity (Wildman–Crippen MR) is 80.5 cm³/mol. The van der Waals surface area contributed by atoms with Gasteiger partial charge in [-0.2, -0.15) is 0 Å². The summed E-state index contributed by atoms with van der Waals surface area (Å²) in [4.78, 5) is 1.48. The third-order valence-corrected chi connectivity index (χ3v) is 7.84. The average molecular weight is 379 g/mol.